The topological polar surface area (TPSA) is 9.23 Å². The summed E-state index contributed by atoms with van der Waals surface area (Å²) in [5.74, 6) is 4.94. The summed E-state index contributed by atoms with van der Waals surface area (Å²) < 4.78 is 5.83. The average molecular weight is 399 g/mol. The number of ether oxygens (including phenoxy) is 1. The van der Waals surface area contributed by atoms with Crippen LogP contribution in [-0.4, -0.2) is 6.61 Å². The quantitative estimate of drug-likeness (QED) is 0.338. The lowest BCUT2D eigenvalue weighted by molar-refractivity contribution is 0.155. The van der Waals surface area contributed by atoms with Gasteiger partial charge in [0.15, 0.2) is 0 Å². The van der Waals surface area contributed by atoms with Crippen molar-refractivity contribution < 1.29 is 4.74 Å². The van der Waals surface area contributed by atoms with E-state index in [0.29, 0.717) is 0 Å². The Bertz CT molecular complexity index is 532. The molecule has 2 fully saturated rings. The number of unbranched alkanes of at least 4 members (excludes halogenated alkanes) is 4. The van der Waals surface area contributed by atoms with E-state index in [0.717, 1.165) is 42.4 Å². The van der Waals surface area contributed by atoms with Crippen molar-refractivity contribution in [3.05, 3.63) is 29.8 Å². The molecule has 0 bridgehead atoms. The monoisotopic (exact) mass is 398 g/mol. The van der Waals surface area contributed by atoms with Gasteiger partial charge in [0.25, 0.3) is 0 Å². The third-order valence-electron chi connectivity index (χ3n) is 7.91. The number of rotatable bonds is 11. The summed E-state index contributed by atoms with van der Waals surface area (Å²) in [5.41, 5.74) is 1.54. The van der Waals surface area contributed by atoms with Gasteiger partial charge in [-0.1, -0.05) is 77.3 Å². The third kappa shape index (κ3) is 7.34. The molecule has 2 aliphatic carbocycles. The maximum absolute atomic E-state index is 5.83. The molecule has 1 aromatic carbocycles. The Morgan fingerprint density at radius 1 is 0.690 bits per heavy atom. The van der Waals surface area contributed by atoms with Crippen LogP contribution in [0.5, 0.6) is 5.75 Å². The highest BCUT2D eigenvalue weighted by molar-refractivity contribution is 5.29. The molecule has 164 valence electrons. The third-order valence-corrected chi connectivity index (χ3v) is 7.91. The van der Waals surface area contributed by atoms with Crippen LogP contribution in [0.25, 0.3) is 0 Å². The first-order chi connectivity index (χ1) is 14.3. The van der Waals surface area contributed by atoms with Gasteiger partial charge in [0.1, 0.15) is 5.75 Å². The second-order valence-electron chi connectivity index (χ2n) is 10.0. The molecule has 0 aliphatic heterocycles. The first kappa shape index (κ1) is 22.7. The predicted molar refractivity (Wildman–Crippen MR) is 126 cm³/mol. The molecule has 3 rings (SSSR count). The normalized spacial score (nSPS) is 27.7. The number of hydrogen-bond acceptors (Lipinski definition) is 1. The smallest absolute Gasteiger partial charge is 0.119 e. The SMILES string of the molecule is CCCCCCC1CCC(C2CCC(c3ccc(OCCCC)cc3)CC2)CC1. The van der Waals surface area contributed by atoms with Crippen LogP contribution >= 0.6 is 0 Å². The van der Waals surface area contributed by atoms with Gasteiger partial charge in [-0.2, -0.15) is 0 Å². The summed E-state index contributed by atoms with van der Waals surface area (Å²) >= 11 is 0. The summed E-state index contributed by atoms with van der Waals surface area (Å²) in [7, 11) is 0. The molecule has 0 N–H and O–H groups in total. The van der Waals surface area contributed by atoms with Crippen molar-refractivity contribution in [1.82, 2.24) is 0 Å². The Morgan fingerprint density at radius 2 is 1.31 bits per heavy atom. The number of hydrogen-bond donors (Lipinski definition) is 0. The molecule has 1 aromatic rings. The molecule has 0 aromatic heterocycles. The second kappa shape index (κ2) is 12.7. The van der Waals surface area contributed by atoms with Crippen molar-refractivity contribution in [3.8, 4) is 5.75 Å². The van der Waals surface area contributed by atoms with Crippen molar-refractivity contribution in [1.29, 1.82) is 0 Å². The zero-order valence-corrected chi connectivity index (χ0v) is 19.3. The van der Waals surface area contributed by atoms with Gasteiger partial charge < -0.3 is 4.74 Å². The molecule has 0 unspecified atom stereocenters. The standard InChI is InChI=1S/C28H46O/c1-3-5-7-8-9-23-10-12-24(13-11-23)25-14-16-26(17-15-25)27-18-20-28(21-19-27)29-22-6-4-2/h18-21,23-26H,3-17,22H2,1-2H3. The van der Waals surface area contributed by atoms with E-state index in [2.05, 4.69) is 38.1 Å². The Labute approximate surface area is 181 Å². The summed E-state index contributed by atoms with van der Waals surface area (Å²) in [4.78, 5) is 0. The molecule has 1 nitrogen and oxygen atoms in total. The van der Waals surface area contributed by atoms with Crippen LogP contribution in [0, 0.1) is 17.8 Å². The Balaban J connectivity index is 1.35. The Hall–Kier alpha value is -0.980. The summed E-state index contributed by atoms with van der Waals surface area (Å²) in [6, 6.07) is 9.05. The van der Waals surface area contributed by atoms with E-state index < -0.39 is 0 Å². The van der Waals surface area contributed by atoms with Crippen LogP contribution in [0.2, 0.25) is 0 Å². The van der Waals surface area contributed by atoms with E-state index in [1.165, 1.54) is 89.9 Å². The van der Waals surface area contributed by atoms with Crippen molar-refractivity contribution in [2.75, 3.05) is 6.61 Å². The minimum Gasteiger partial charge on any atom is -0.494 e. The lowest BCUT2D eigenvalue weighted by atomic mass is 9.68. The molecular weight excluding hydrogens is 352 g/mol. The Morgan fingerprint density at radius 3 is 1.93 bits per heavy atom. The molecule has 0 radical (unpaired) electrons. The van der Waals surface area contributed by atoms with Gasteiger partial charge in [-0.15, -0.1) is 0 Å². The highest BCUT2D eigenvalue weighted by Crippen LogP contribution is 2.44. The molecule has 0 spiro atoms. The average Bonchev–Trinajstić information content (AvgIpc) is 2.78. The van der Waals surface area contributed by atoms with Gasteiger partial charge in [0, 0.05) is 0 Å². The molecule has 0 amide bonds. The highest BCUT2D eigenvalue weighted by Gasteiger charge is 2.31. The minimum atomic E-state index is 0.783. The van der Waals surface area contributed by atoms with Crippen LogP contribution in [0.1, 0.15) is 122 Å². The van der Waals surface area contributed by atoms with Gasteiger partial charge in [0.2, 0.25) is 0 Å². The second-order valence-corrected chi connectivity index (χ2v) is 10.0. The fourth-order valence-corrected chi connectivity index (χ4v) is 5.90. The molecule has 2 aliphatic rings. The van der Waals surface area contributed by atoms with E-state index in [9.17, 15) is 0 Å². The first-order valence-electron chi connectivity index (χ1n) is 13.0. The van der Waals surface area contributed by atoms with E-state index >= 15 is 0 Å². The summed E-state index contributed by atoms with van der Waals surface area (Å²) in [6.07, 6.45) is 21.4. The van der Waals surface area contributed by atoms with E-state index in [1.807, 2.05) is 0 Å². The highest BCUT2D eigenvalue weighted by atomic mass is 16.5. The molecular formula is C28H46O. The molecule has 0 saturated heterocycles. The maximum Gasteiger partial charge on any atom is 0.119 e. The van der Waals surface area contributed by atoms with Crippen molar-refractivity contribution in [2.45, 2.75) is 116 Å². The van der Waals surface area contributed by atoms with E-state index in [1.54, 1.807) is 5.56 Å². The van der Waals surface area contributed by atoms with Gasteiger partial charge in [-0.25, -0.2) is 0 Å². The van der Waals surface area contributed by atoms with Crippen LogP contribution < -0.4 is 4.74 Å². The zero-order valence-electron chi connectivity index (χ0n) is 19.3. The van der Waals surface area contributed by atoms with Crippen molar-refractivity contribution >= 4 is 0 Å². The largest absolute Gasteiger partial charge is 0.494 e. The minimum absolute atomic E-state index is 0.783. The fourth-order valence-electron chi connectivity index (χ4n) is 5.90. The molecule has 1 heteroatoms. The lowest BCUT2D eigenvalue weighted by Crippen LogP contribution is -2.25. The summed E-state index contributed by atoms with van der Waals surface area (Å²) in [5, 5.41) is 0. The van der Waals surface area contributed by atoms with Gasteiger partial charge in [0.05, 0.1) is 6.61 Å². The van der Waals surface area contributed by atoms with Gasteiger partial charge in [-0.3, -0.25) is 0 Å². The Kier molecular flexibility index (Phi) is 9.91. The van der Waals surface area contributed by atoms with Crippen LogP contribution in [-0.2, 0) is 0 Å². The lowest BCUT2D eigenvalue weighted by Gasteiger charge is -2.38. The zero-order chi connectivity index (χ0) is 20.3. The first-order valence-corrected chi connectivity index (χ1v) is 13.0. The van der Waals surface area contributed by atoms with Crippen LogP contribution in [0.15, 0.2) is 24.3 Å². The van der Waals surface area contributed by atoms with Crippen LogP contribution in [0.4, 0.5) is 0 Å². The molecule has 2 saturated carbocycles. The fraction of sp³-hybridized carbons (Fsp3) is 0.786. The molecule has 29 heavy (non-hydrogen) atoms. The molecule has 0 heterocycles. The van der Waals surface area contributed by atoms with Crippen molar-refractivity contribution in [3.63, 3.8) is 0 Å². The predicted octanol–water partition coefficient (Wildman–Crippen LogP) is 8.92. The van der Waals surface area contributed by atoms with Gasteiger partial charge >= 0.3 is 0 Å². The van der Waals surface area contributed by atoms with E-state index in [4.69, 9.17) is 4.74 Å². The maximum atomic E-state index is 5.83. The summed E-state index contributed by atoms with van der Waals surface area (Å²) in [6.45, 7) is 5.38. The van der Waals surface area contributed by atoms with E-state index in [-0.39, 0.29) is 0 Å². The van der Waals surface area contributed by atoms with Gasteiger partial charge in [-0.05, 0) is 86.3 Å². The van der Waals surface area contributed by atoms with Crippen LogP contribution in [0.3, 0.4) is 0 Å². The molecule has 0 atom stereocenters. The van der Waals surface area contributed by atoms with Crippen molar-refractivity contribution in [2.24, 2.45) is 17.8 Å². The number of benzene rings is 1.